The fourth-order valence-electron chi connectivity index (χ4n) is 5.27. The Morgan fingerprint density at radius 2 is 1.52 bits per heavy atom. The third-order valence-corrected chi connectivity index (χ3v) is 12.7. The molecule has 4 rings (SSSR count). The summed E-state index contributed by atoms with van der Waals surface area (Å²) in [5.74, 6) is 0.0759. The van der Waals surface area contributed by atoms with Crippen molar-refractivity contribution in [3.63, 3.8) is 0 Å². The Bertz CT molecular complexity index is 1560. The van der Waals surface area contributed by atoms with Gasteiger partial charge in [0.05, 0.1) is 18.8 Å². The second kappa shape index (κ2) is 15.2. The average molecular weight is 672 g/mol. The molecule has 11 heteroatoms. The van der Waals surface area contributed by atoms with Crippen LogP contribution in [0.15, 0.2) is 91.1 Å². The Hall–Kier alpha value is -3.86. The van der Waals surface area contributed by atoms with Gasteiger partial charge in [-0.25, -0.2) is 4.98 Å². The number of hydrogen-bond donors (Lipinski definition) is 0. The number of carbonyl (C=O) groups excluding carboxylic acids is 1. The van der Waals surface area contributed by atoms with E-state index >= 15 is 0 Å². The molecule has 0 N–H and O–H groups in total. The number of benzene rings is 3. The Balaban J connectivity index is 1.57. The minimum Gasteiger partial charge on any atom is -0.491 e. The topological polar surface area (TPSA) is 66.9 Å². The van der Waals surface area contributed by atoms with Crippen LogP contribution in [0.1, 0.15) is 45.2 Å². The first-order chi connectivity index (χ1) is 21.8. The van der Waals surface area contributed by atoms with Gasteiger partial charge >= 0.3 is 12.1 Å². The Labute approximate surface area is 273 Å². The molecule has 0 saturated heterocycles. The maximum Gasteiger partial charge on any atom is 0.417 e. The van der Waals surface area contributed by atoms with Crippen LogP contribution in [-0.2, 0) is 26.6 Å². The maximum absolute atomic E-state index is 13.2. The lowest BCUT2D eigenvalue weighted by atomic mass is 10.1. The van der Waals surface area contributed by atoms with Crippen molar-refractivity contribution in [1.82, 2.24) is 4.98 Å². The molecule has 0 saturated carbocycles. The van der Waals surface area contributed by atoms with Gasteiger partial charge in [0.25, 0.3) is 8.32 Å². The number of ether oxygens (including phenoxy) is 3. The number of hydrogen-bond acceptors (Lipinski definition) is 6. The van der Waals surface area contributed by atoms with Gasteiger partial charge in [-0.2, -0.15) is 13.2 Å². The third kappa shape index (κ3) is 8.48. The van der Waals surface area contributed by atoms with E-state index < -0.39 is 20.1 Å². The molecular weight excluding hydrogens is 635 g/mol. The summed E-state index contributed by atoms with van der Waals surface area (Å²) in [6.45, 7) is 9.05. The lowest BCUT2D eigenvalue weighted by Crippen LogP contribution is -2.66. The molecule has 6 nitrogen and oxygen atoms in total. The summed E-state index contributed by atoms with van der Waals surface area (Å²) in [4.78, 5) is 15.8. The largest absolute Gasteiger partial charge is 0.491 e. The number of rotatable bonds is 13. The summed E-state index contributed by atoms with van der Waals surface area (Å²) in [7, 11) is -2.76. The first-order valence-electron chi connectivity index (χ1n) is 14.9. The van der Waals surface area contributed by atoms with E-state index in [1.54, 1.807) is 25.1 Å². The summed E-state index contributed by atoms with van der Waals surface area (Å²) in [5.41, 5.74) is -0.396. The Morgan fingerprint density at radius 1 is 0.891 bits per heavy atom. The van der Waals surface area contributed by atoms with E-state index in [2.05, 4.69) is 50.0 Å². The van der Waals surface area contributed by atoms with Crippen LogP contribution in [0.2, 0.25) is 10.1 Å². The van der Waals surface area contributed by atoms with Gasteiger partial charge in [0.1, 0.15) is 23.1 Å². The predicted octanol–water partition coefficient (Wildman–Crippen LogP) is 8.00. The minimum absolute atomic E-state index is 0.0743. The number of nitrogens with zero attached hydrogens (tertiary/aromatic N) is 1. The molecule has 46 heavy (non-hydrogen) atoms. The van der Waals surface area contributed by atoms with E-state index in [0.717, 1.165) is 16.4 Å². The zero-order valence-electron chi connectivity index (χ0n) is 26.2. The van der Waals surface area contributed by atoms with Crippen molar-refractivity contribution >= 4 is 36.3 Å². The van der Waals surface area contributed by atoms with Crippen LogP contribution >= 0.6 is 11.6 Å². The van der Waals surface area contributed by atoms with Gasteiger partial charge in [-0.15, -0.1) is 0 Å². The molecule has 0 spiro atoms. The zero-order chi connectivity index (χ0) is 33.4. The molecule has 1 heterocycles. The highest BCUT2D eigenvalue weighted by Gasteiger charge is 2.50. The van der Waals surface area contributed by atoms with E-state index in [0.29, 0.717) is 24.1 Å². The highest BCUT2D eigenvalue weighted by Crippen LogP contribution is 2.38. The van der Waals surface area contributed by atoms with Gasteiger partial charge in [-0.05, 0) is 46.5 Å². The third-order valence-electron chi connectivity index (χ3n) is 7.37. The van der Waals surface area contributed by atoms with Crippen molar-refractivity contribution in [3.05, 3.63) is 107 Å². The van der Waals surface area contributed by atoms with Crippen molar-refractivity contribution in [3.8, 4) is 17.4 Å². The molecule has 4 aromatic rings. The SMILES string of the molecule is CCOC(=O)CCc1ccc(OCCO[Si](c2ccccc2)(c2ccccc2)C(C)(C)C)cc1Oc1ncc(C(F)(F)F)cc1Cl. The standard InChI is InChI=1S/C35H37ClF3NO5Si/c1-5-42-32(41)19-17-25-16-18-27(23-31(25)45-33-30(36)22-26(24-40-33)35(37,38)39)43-20-21-44-46(34(2,3)4,28-12-8-6-9-13-28)29-14-10-7-11-15-29/h6-16,18,22-24H,5,17,19-21H2,1-4H3. The molecule has 0 aliphatic heterocycles. The zero-order valence-corrected chi connectivity index (χ0v) is 28.0. The van der Waals surface area contributed by atoms with E-state index in [-0.39, 0.29) is 53.7 Å². The summed E-state index contributed by atoms with van der Waals surface area (Å²) in [5, 5.41) is 1.79. The number of aryl methyl sites for hydroxylation is 1. The van der Waals surface area contributed by atoms with Crippen LogP contribution in [-0.4, -0.2) is 39.1 Å². The molecule has 0 unspecified atom stereocenters. The monoisotopic (exact) mass is 671 g/mol. The normalized spacial score (nSPS) is 12.1. The van der Waals surface area contributed by atoms with Crippen molar-refractivity contribution in [2.75, 3.05) is 19.8 Å². The van der Waals surface area contributed by atoms with Crippen molar-refractivity contribution < 1.29 is 36.6 Å². The lowest BCUT2D eigenvalue weighted by molar-refractivity contribution is -0.143. The number of aromatic nitrogens is 1. The van der Waals surface area contributed by atoms with Crippen LogP contribution in [0.25, 0.3) is 0 Å². The van der Waals surface area contributed by atoms with Gasteiger partial charge < -0.3 is 18.6 Å². The Kier molecular flexibility index (Phi) is 11.5. The van der Waals surface area contributed by atoms with Crippen molar-refractivity contribution in [2.24, 2.45) is 0 Å². The fraction of sp³-hybridized carbons (Fsp3) is 0.314. The van der Waals surface area contributed by atoms with Crippen molar-refractivity contribution in [1.29, 1.82) is 0 Å². The Morgan fingerprint density at radius 3 is 2.07 bits per heavy atom. The number of esters is 1. The van der Waals surface area contributed by atoms with Gasteiger partial charge in [0, 0.05) is 18.7 Å². The van der Waals surface area contributed by atoms with Gasteiger partial charge in [0.15, 0.2) is 0 Å². The van der Waals surface area contributed by atoms with Crippen LogP contribution < -0.4 is 19.8 Å². The van der Waals surface area contributed by atoms with Gasteiger partial charge in [-0.3, -0.25) is 4.79 Å². The molecule has 0 radical (unpaired) electrons. The molecule has 3 aromatic carbocycles. The molecule has 244 valence electrons. The lowest BCUT2D eigenvalue weighted by Gasteiger charge is -2.43. The van der Waals surface area contributed by atoms with E-state index in [1.165, 1.54) is 0 Å². The molecule has 0 aliphatic rings. The maximum atomic E-state index is 13.2. The van der Waals surface area contributed by atoms with Crippen LogP contribution in [0, 0.1) is 0 Å². The first-order valence-corrected chi connectivity index (χ1v) is 17.2. The summed E-state index contributed by atoms with van der Waals surface area (Å²) in [6.07, 6.45) is -3.62. The second-order valence-corrected chi connectivity index (χ2v) is 16.3. The molecular formula is C35H37ClF3NO5Si. The molecule has 0 fully saturated rings. The predicted molar refractivity (Wildman–Crippen MR) is 175 cm³/mol. The second-order valence-electron chi connectivity index (χ2n) is 11.5. The summed E-state index contributed by atoms with van der Waals surface area (Å²) in [6, 6.07) is 26.3. The van der Waals surface area contributed by atoms with E-state index in [1.807, 2.05) is 36.4 Å². The molecule has 0 aliphatic carbocycles. The fourth-order valence-corrected chi connectivity index (χ4v) is 10.0. The number of carbonyl (C=O) groups is 1. The van der Waals surface area contributed by atoms with E-state index in [9.17, 15) is 18.0 Å². The molecule has 0 bridgehead atoms. The number of halogens is 4. The van der Waals surface area contributed by atoms with Gasteiger partial charge in [-0.1, -0.05) is 99.1 Å². The number of alkyl halides is 3. The average Bonchev–Trinajstić information content (AvgIpc) is 3.01. The first kappa shape index (κ1) is 35.0. The molecule has 0 atom stereocenters. The highest BCUT2D eigenvalue weighted by molar-refractivity contribution is 6.99. The van der Waals surface area contributed by atoms with Gasteiger partial charge in [0.2, 0.25) is 5.88 Å². The highest BCUT2D eigenvalue weighted by atomic mass is 35.5. The van der Waals surface area contributed by atoms with E-state index in [4.69, 9.17) is 30.2 Å². The summed E-state index contributed by atoms with van der Waals surface area (Å²) < 4.78 is 63.4. The summed E-state index contributed by atoms with van der Waals surface area (Å²) >= 11 is 6.12. The smallest absolute Gasteiger partial charge is 0.417 e. The molecule has 1 aromatic heterocycles. The molecule has 0 amide bonds. The number of pyridine rings is 1. The van der Waals surface area contributed by atoms with Crippen LogP contribution in [0.5, 0.6) is 17.4 Å². The van der Waals surface area contributed by atoms with Crippen molar-refractivity contribution in [2.45, 2.75) is 51.8 Å². The van der Waals surface area contributed by atoms with Crippen LogP contribution in [0.4, 0.5) is 13.2 Å². The van der Waals surface area contributed by atoms with Crippen LogP contribution in [0.3, 0.4) is 0 Å². The minimum atomic E-state index is -4.61. The quantitative estimate of drug-likeness (QED) is 0.0816.